The Morgan fingerprint density at radius 2 is 2.11 bits per heavy atom. The highest BCUT2D eigenvalue weighted by atomic mass is 16.6. The molecule has 0 unspecified atom stereocenters. The van der Waals surface area contributed by atoms with Crippen molar-refractivity contribution in [1.82, 2.24) is 35.6 Å². The third-order valence-electron chi connectivity index (χ3n) is 3.80. The normalized spacial score (nSPS) is 11.4. The molecule has 11 nitrogen and oxygen atoms in total. The molecular formula is C17H21N9O2. The molecule has 0 spiro atoms. The zero-order valence-electron chi connectivity index (χ0n) is 15.6. The lowest BCUT2D eigenvalue weighted by Crippen LogP contribution is -2.23. The first-order valence-corrected chi connectivity index (χ1v) is 8.59. The van der Waals surface area contributed by atoms with Crippen LogP contribution in [0.25, 0.3) is 5.82 Å². The van der Waals surface area contributed by atoms with Gasteiger partial charge in [-0.2, -0.15) is 9.78 Å². The summed E-state index contributed by atoms with van der Waals surface area (Å²) in [5.74, 6) is -0.250. The number of nitrogens with one attached hydrogen (secondary N) is 1. The largest absolute Gasteiger partial charge is 0.378 e. The van der Waals surface area contributed by atoms with Crippen LogP contribution in [0.4, 0.5) is 5.82 Å². The van der Waals surface area contributed by atoms with Crippen molar-refractivity contribution in [3.05, 3.63) is 47.3 Å². The van der Waals surface area contributed by atoms with Crippen LogP contribution in [0.5, 0.6) is 0 Å². The van der Waals surface area contributed by atoms with Gasteiger partial charge in [0.1, 0.15) is 0 Å². The van der Waals surface area contributed by atoms with Crippen molar-refractivity contribution < 1.29 is 9.42 Å². The molecule has 28 heavy (non-hydrogen) atoms. The van der Waals surface area contributed by atoms with E-state index in [-0.39, 0.29) is 17.3 Å². The zero-order chi connectivity index (χ0) is 19.9. The highest BCUT2D eigenvalue weighted by molar-refractivity contribution is 5.93. The molecule has 1 amide bonds. The fourth-order valence-electron chi connectivity index (χ4n) is 2.53. The fourth-order valence-corrected chi connectivity index (χ4v) is 2.53. The molecule has 3 rings (SSSR count). The summed E-state index contributed by atoms with van der Waals surface area (Å²) in [6.07, 6.45) is 3.18. The van der Waals surface area contributed by atoms with Crippen molar-refractivity contribution in [2.75, 3.05) is 19.8 Å². The van der Waals surface area contributed by atoms with E-state index in [1.165, 1.54) is 10.2 Å². The Labute approximate surface area is 161 Å². The lowest BCUT2D eigenvalue weighted by Gasteiger charge is -2.11. The summed E-state index contributed by atoms with van der Waals surface area (Å²) in [6, 6.07) is 10.0. The number of anilines is 1. The number of nitrogen functional groups attached to an aromatic ring is 1. The first-order chi connectivity index (χ1) is 13.6. The molecule has 1 aromatic carbocycles. The van der Waals surface area contributed by atoms with Crippen molar-refractivity contribution in [3.63, 3.8) is 0 Å². The van der Waals surface area contributed by atoms with Crippen molar-refractivity contribution in [1.29, 1.82) is 0 Å². The van der Waals surface area contributed by atoms with Crippen molar-refractivity contribution in [3.8, 4) is 5.82 Å². The molecule has 0 aliphatic rings. The van der Waals surface area contributed by atoms with E-state index in [4.69, 9.17) is 5.73 Å². The van der Waals surface area contributed by atoms with Gasteiger partial charge in [-0.1, -0.05) is 35.5 Å². The summed E-state index contributed by atoms with van der Waals surface area (Å²) in [5.41, 5.74) is 10.0. The average Bonchev–Trinajstić information content (AvgIpc) is 3.27. The van der Waals surface area contributed by atoms with E-state index in [1.54, 1.807) is 6.21 Å². The van der Waals surface area contributed by atoms with Crippen molar-refractivity contribution in [2.24, 2.45) is 5.10 Å². The van der Waals surface area contributed by atoms with Gasteiger partial charge >= 0.3 is 0 Å². The zero-order valence-corrected chi connectivity index (χ0v) is 15.6. The molecule has 0 radical (unpaired) electrons. The molecular weight excluding hydrogens is 362 g/mol. The minimum absolute atomic E-state index is 0.0517. The fraction of sp³-hybridized carbons (Fsp3) is 0.294. The topological polar surface area (TPSA) is 140 Å². The van der Waals surface area contributed by atoms with Crippen LogP contribution in [-0.4, -0.2) is 56.4 Å². The minimum atomic E-state index is -0.478. The predicted molar refractivity (Wildman–Crippen MR) is 102 cm³/mol. The molecule has 2 heterocycles. The third kappa shape index (κ3) is 4.57. The lowest BCUT2D eigenvalue weighted by molar-refractivity contribution is 0.0948. The van der Waals surface area contributed by atoms with E-state index >= 15 is 0 Å². The third-order valence-corrected chi connectivity index (χ3v) is 3.80. The second-order valence-corrected chi connectivity index (χ2v) is 6.28. The van der Waals surface area contributed by atoms with Crippen LogP contribution in [0.1, 0.15) is 28.2 Å². The highest BCUT2D eigenvalue weighted by Crippen LogP contribution is 2.16. The Hall–Kier alpha value is -3.60. The van der Waals surface area contributed by atoms with E-state index in [9.17, 15) is 4.79 Å². The van der Waals surface area contributed by atoms with Crippen LogP contribution < -0.4 is 11.2 Å². The summed E-state index contributed by atoms with van der Waals surface area (Å²) >= 11 is 0. The monoisotopic (exact) mass is 383 g/mol. The maximum atomic E-state index is 12.5. The second-order valence-electron chi connectivity index (χ2n) is 6.28. The Balaban J connectivity index is 1.68. The van der Waals surface area contributed by atoms with Gasteiger partial charge in [0.15, 0.2) is 5.69 Å². The van der Waals surface area contributed by atoms with Crippen LogP contribution in [0.2, 0.25) is 0 Å². The molecule has 0 aliphatic carbocycles. The molecule has 3 N–H and O–H groups in total. The number of benzene rings is 1. The number of rotatable bonds is 8. The average molecular weight is 383 g/mol. The number of aromatic nitrogens is 5. The number of nitrogens with zero attached hydrogens (tertiary/aromatic N) is 7. The van der Waals surface area contributed by atoms with Crippen LogP contribution in [-0.2, 0) is 13.0 Å². The Bertz CT molecular complexity index is 947. The predicted octanol–water partition coefficient (Wildman–Crippen LogP) is 0.642. The summed E-state index contributed by atoms with van der Waals surface area (Å²) < 4.78 is 5.94. The molecule has 0 saturated carbocycles. The van der Waals surface area contributed by atoms with Gasteiger partial charge in [-0.05, 0) is 42.8 Å². The number of carbonyl (C=O) groups is 1. The summed E-state index contributed by atoms with van der Waals surface area (Å²) in [6.45, 7) is 0.375. The van der Waals surface area contributed by atoms with Crippen LogP contribution >= 0.6 is 0 Å². The van der Waals surface area contributed by atoms with Gasteiger partial charge in [0.25, 0.3) is 5.91 Å². The first kappa shape index (κ1) is 19.2. The SMILES string of the molecule is CN(C)Cc1c(C(=O)N/N=C\CCc2ccccc2)nnn1-c1nonc1N. The van der Waals surface area contributed by atoms with E-state index in [2.05, 4.69) is 35.8 Å². The quantitative estimate of drug-likeness (QED) is 0.426. The van der Waals surface area contributed by atoms with Gasteiger partial charge in [0.05, 0.1) is 5.69 Å². The van der Waals surface area contributed by atoms with Gasteiger partial charge in [-0.25, -0.2) is 10.1 Å². The van der Waals surface area contributed by atoms with Gasteiger partial charge < -0.3 is 10.6 Å². The van der Waals surface area contributed by atoms with Gasteiger partial charge in [-0.15, -0.1) is 5.10 Å². The number of hydrogen-bond acceptors (Lipinski definition) is 9. The molecule has 11 heteroatoms. The second kappa shape index (κ2) is 8.86. The first-order valence-electron chi connectivity index (χ1n) is 8.59. The van der Waals surface area contributed by atoms with Gasteiger partial charge in [0.2, 0.25) is 11.6 Å². The van der Waals surface area contributed by atoms with E-state index in [0.29, 0.717) is 18.7 Å². The smallest absolute Gasteiger partial charge is 0.293 e. The highest BCUT2D eigenvalue weighted by Gasteiger charge is 2.24. The molecule has 3 aromatic rings. The molecule has 146 valence electrons. The summed E-state index contributed by atoms with van der Waals surface area (Å²) in [5, 5.41) is 19.1. The Morgan fingerprint density at radius 3 is 2.79 bits per heavy atom. The molecule has 0 fully saturated rings. The molecule has 2 aromatic heterocycles. The number of aryl methyl sites for hydroxylation is 1. The number of carbonyl (C=O) groups excluding carboxylic acids is 1. The number of amides is 1. The summed E-state index contributed by atoms with van der Waals surface area (Å²) in [4.78, 5) is 14.4. The van der Waals surface area contributed by atoms with E-state index in [1.807, 2.05) is 49.3 Å². The van der Waals surface area contributed by atoms with E-state index < -0.39 is 5.91 Å². The van der Waals surface area contributed by atoms with Crippen LogP contribution in [0.3, 0.4) is 0 Å². The van der Waals surface area contributed by atoms with Gasteiger partial charge in [-0.3, -0.25) is 4.79 Å². The number of hydrogen-bond donors (Lipinski definition) is 2. The van der Waals surface area contributed by atoms with Crippen molar-refractivity contribution in [2.45, 2.75) is 19.4 Å². The lowest BCUT2D eigenvalue weighted by atomic mass is 10.1. The van der Waals surface area contributed by atoms with Crippen LogP contribution in [0, 0.1) is 0 Å². The maximum absolute atomic E-state index is 12.5. The number of nitrogens with two attached hydrogens (primary N) is 1. The standard InChI is InChI=1S/C17H21N9O2/c1-25(2)11-13-14(20-24-26(13)16-15(18)22-28-23-16)17(27)21-19-10-6-9-12-7-4-3-5-8-12/h3-5,7-8,10H,6,9,11H2,1-2H3,(H2,18,22)(H,21,27)/b19-10-. The molecule has 0 bridgehead atoms. The molecule has 0 atom stereocenters. The Morgan fingerprint density at radius 1 is 1.32 bits per heavy atom. The maximum Gasteiger partial charge on any atom is 0.293 e. The van der Waals surface area contributed by atoms with Crippen molar-refractivity contribution >= 4 is 17.9 Å². The van der Waals surface area contributed by atoms with E-state index in [0.717, 1.165) is 6.42 Å². The number of hydrazone groups is 1. The summed E-state index contributed by atoms with van der Waals surface area (Å²) in [7, 11) is 3.70. The van der Waals surface area contributed by atoms with Gasteiger partial charge in [0, 0.05) is 12.8 Å². The van der Waals surface area contributed by atoms with Crippen LogP contribution in [0.15, 0.2) is 40.1 Å². The minimum Gasteiger partial charge on any atom is -0.378 e. The molecule has 0 aliphatic heterocycles. The Kier molecular flexibility index (Phi) is 6.07. The molecule has 0 saturated heterocycles.